The van der Waals surface area contributed by atoms with Gasteiger partial charge in [-0.25, -0.2) is 0 Å². The number of hydrogen-bond donors (Lipinski definition) is 0. The normalized spacial score (nSPS) is 11.3. The molecule has 0 aliphatic heterocycles. The summed E-state index contributed by atoms with van der Waals surface area (Å²) in [4.78, 5) is 2.18. The number of hydrogen-bond acceptors (Lipinski definition) is 1. The number of para-hydroxylation sites is 1. The van der Waals surface area contributed by atoms with Gasteiger partial charge in [-0.05, 0) is 24.0 Å². The van der Waals surface area contributed by atoms with Gasteiger partial charge in [0, 0.05) is 19.8 Å². The van der Waals surface area contributed by atoms with Crippen LogP contribution in [0.2, 0.25) is 0 Å². The molecule has 1 unspecified atom stereocenters. The molecule has 1 nitrogen and oxygen atoms in total. The quantitative estimate of drug-likeness (QED) is 0.714. The van der Waals surface area contributed by atoms with Crippen LogP contribution in [0.3, 0.4) is 0 Å². The van der Waals surface area contributed by atoms with E-state index in [2.05, 4.69) is 57.1 Å². The van der Waals surface area contributed by atoms with E-state index in [-0.39, 0.29) is 0 Å². The molecule has 1 heteroatoms. The zero-order valence-corrected chi connectivity index (χ0v) is 11.0. The molecule has 15 heavy (non-hydrogen) atoms. The maximum Gasteiger partial charge on any atom is 0.0396 e. The van der Waals surface area contributed by atoms with E-state index < -0.39 is 0 Å². The van der Waals surface area contributed by atoms with Gasteiger partial charge < -0.3 is 4.90 Å². The fourth-order valence-electron chi connectivity index (χ4n) is 1.53. The van der Waals surface area contributed by atoms with Crippen LogP contribution >= 0.6 is 0 Å². The van der Waals surface area contributed by atoms with Gasteiger partial charge in [0.15, 0.2) is 0 Å². The second kappa shape index (κ2) is 7.33. The number of anilines is 1. The first-order valence-corrected chi connectivity index (χ1v) is 5.93. The summed E-state index contributed by atoms with van der Waals surface area (Å²) in [6, 6.07) is 8.63. The molecule has 0 radical (unpaired) electrons. The third kappa shape index (κ3) is 3.94. The molecular formula is C14H25N. The van der Waals surface area contributed by atoms with Crippen molar-refractivity contribution in [1.29, 1.82) is 0 Å². The standard InChI is InChI=1S/C12H19N.C2H6/c1-5-10(2)11-8-6-7-9-12(11)13(3)4;1-2/h6-10H,5H2,1-4H3;1-2H3. The van der Waals surface area contributed by atoms with Gasteiger partial charge >= 0.3 is 0 Å². The Morgan fingerprint density at radius 3 is 2.13 bits per heavy atom. The van der Waals surface area contributed by atoms with Crippen LogP contribution in [0.25, 0.3) is 0 Å². The largest absolute Gasteiger partial charge is 0.377 e. The van der Waals surface area contributed by atoms with Crippen molar-refractivity contribution in [2.75, 3.05) is 19.0 Å². The molecule has 0 heterocycles. The Labute approximate surface area is 95.1 Å². The molecule has 0 aliphatic rings. The van der Waals surface area contributed by atoms with E-state index >= 15 is 0 Å². The van der Waals surface area contributed by atoms with E-state index in [1.807, 2.05) is 13.8 Å². The van der Waals surface area contributed by atoms with Crippen molar-refractivity contribution in [2.24, 2.45) is 0 Å². The van der Waals surface area contributed by atoms with Crippen LogP contribution in [0.1, 0.15) is 45.6 Å². The van der Waals surface area contributed by atoms with E-state index in [1.54, 1.807) is 0 Å². The highest BCUT2D eigenvalue weighted by atomic mass is 15.1. The van der Waals surface area contributed by atoms with Crippen molar-refractivity contribution in [3.63, 3.8) is 0 Å². The van der Waals surface area contributed by atoms with Crippen LogP contribution in [0.5, 0.6) is 0 Å². The highest BCUT2D eigenvalue weighted by molar-refractivity contribution is 5.53. The Bertz CT molecular complexity index is 266. The van der Waals surface area contributed by atoms with E-state index in [4.69, 9.17) is 0 Å². The minimum absolute atomic E-state index is 0.651. The van der Waals surface area contributed by atoms with Gasteiger partial charge in [-0.2, -0.15) is 0 Å². The lowest BCUT2D eigenvalue weighted by atomic mass is 9.96. The van der Waals surface area contributed by atoms with E-state index in [9.17, 15) is 0 Å². The fourth-order valence-corrected chi connectivity index (χ4v) is 1.53. The van der Waals surface area contributed by atoms with Crippen LogP contribution in [0, 0.1) is 0 Å². The summed E-state index contributed by atoms with van der Waals surface area (Å²) in [6.07, 6.45) is 1.20. The van der Waals surface area contributed by atoms with Crippen molar-refractivity contribution in [3.8, 4) is 0 Å². The highest BCUT2D eigenvalue weighted by Crippen LogP contribution is 2.27. The molecule has 0 aromatic heterocycles. The summed E-state index contributed by atoms with van der Waals surface area (Å²) in [6.45, 7) is 8.51. The molecule has 1 atom stereocenters. The number of benzene rings is 1. The van der Waals surface area contributed by atoms with E-state index in [0.29, 0.717) is 5.92 Å². The molecule has 0 bridgehead atoms. The Morgan fingerprint density at radius 1 is 1.13 bits per heavy atom. The Hall–Kier alpha value is -0.980. The molecule has 1 aromatic rings. The maximum absolute atomic E-state index is 2.28. The highest BCUT2D eigenvalue weighted by Gasteiger charge is 2.08. The second-order valence-electron chi connectivity index (χ2n) is 3.76. The zero-order valence-electron chi connectivity index (χ0n) is 11.0. The molecule has 0 N–H and O–H groups in total. The van der Waals surface area contributed by atoms with Gasteiger partial charge in [-0.1, -0.05) is 45.9 Å². The molecule has 0 spiro atoms. The molecule has 86 valence electrons. The van der Waals surface area contributed by atoms with Crippen molar-refractivity contribution < 1.29 is 0 Å². The summed E-state index contributed by atoms with van der Waals surface area (Å²) in [5.41, 5.74) is 2.80. The molecule has 0 fully saturated rings. The lowest BCUT2D eigenvalue weighted by Gasteiger charge is -2.20. The maximum atomic E-state index is 2.28. The third-order valence-electron chi connectivity index (χ3n) is 2.56. The minimum atomic E-state index is 0.651. The van der Waals surface area contributed by atoms with Crippen LogP contribution in [-0.2, 0) is 0 Å². The Kier molecular flexibility index (Phi) is 6.85. The Balaban J connectivity index is 0.000000921. The topological polar surface area (TPSA) is 3.24 Å². The van der Waals surface area contributed by atoms with E-state index in [1.165, 1.54) is 17.7 Å². The zero-order chi connectivity index (χ0) is 11.8. The first-order valence-electron chi connectivity index (χ1n) is 5.93. The average Bonchev–Trinajstić information content (AvgIpc) is 2.30. The van der Waals surface area contributed by atoms with Crippen LogP contribution in [0.15, 0.2) is 24.3 Å². The second-order valence-corrected chi connectivity index (χ2v) is 3.76. The average molecular weight is 207 g/mol. The lowest BCUT2D eigenvalue weighted by molar-refractivity contribution is 0.731. The summed E-state index contributed by atoms with van der Waals surface area (Å²) in [5.74, 6) is 0.651. The summed E-state index contributed by atoms with van der Waals surface area (Å²) >= 11 is 0. The predicted octanol–water partition coefficient (Wildman–Crippen LogP) is 4.29. The molecule has 0 aliphatic carbocycles. The van der Waals surface area contributed by atoms with Gasteiger partial charge in [0.05, 0.1) is 0 Å². The lowest BCUT2D eigenvalue weighted by Crippen LogP contribution is -2.12. The first kappa shape index (κ1) is 14.0. The van der Waals surface area contributed by atoms with Crippen LogP contribution in [-0.4, -0.2) is 14.1 Å². The number of nitrogens with zero attached hydrogens (tertiary/aromatic N) is 1. The van der Waals surface area contributed by atoms with Gasteiger partial charge in [-0.3, -0.25) is 0 Å². The molecule has 0 saturated carbocycles. The monoisotopic (exact) mass is 207 g/mol. The Morgan fingerprint density at radius 2 is 1.67 bits per heavy atom. The SMILES string of the molecule is CC.CCC(C)c1ccccc1N(C)C. The molecule has 0 amide bonds. The van der Waals surface area contributed by atoms with Gasteiger partial charge in [0.25, 0.3) is 0 Å². The minimum Gasteiger partial charge on any atom is -0.377 e. The van der Waals surface area contributed by atoms with Gasteiger partial charge in [0.1, 0.15) is 0 Å². The van der Waals surface area contributed by atoms with Crippen LogP contribution in [0.4, 0.5) is 5.69 Å². The third-order valence-corrected chi connectivity index (χ3v) is 2.56. The summed E-state index contributed by atoms with van der Waals surface area (Å²) in [5, 5.41) is 0. The van der Waals surface area contributed by atoms with Crippen LogP contribution < -0.4 is 4.90 Å². The summed E-state index contributed by atoms with van der Waals surface area (Å²) < 4.78 is 0. The molecule has 1 aromatic carbocycles. The smallest absolute Gasteiger partial charge is 0.0396 e. The first-order chi connectivity index (χ1) is 7.16. The fraction of sp³-hybridized carbons (Fsp3) is 0.571. The van der Waals surface area contributed by atoms with Gasteiger partial charge in [0.2, 0.25) is 0 Å². The molecular weight excluding hydrogens is 182 g/mol. The number of rotatable bonds is 3. The van der Waals surface area contributed by atoms with Crippen molar-refractivity contribution in [3.05, 3.63) is 29.8 Å². The van der Waals surface area contributed by atoms with Crippen molar-refractivity contribution in [1.82, 2.24) is 0 Å². The molecule has 0 saturated heterocycles. The summed E-state index contributed by atoms with van der Waals surface area (Å²) in [7, 11) is 4.20. The van der Waals surface area contributed by atoms with E-state index in [0.717, 1.165) is 0 Å². The van der Waals surface area contributed by atoms with Crippen molar-refractivity contribution in [2.45, 2.75) is 40.0 Å². The van der Waals surface area contributed by atoms with Gasteiger partial charge in [-0.15, -0.1) is 0 Å². The van der Waals surface area contributed by atoms with Crippen molar-refractivity contribution >= 4 is 5.69 Å². The molecule has 1 rings (SSSR count). The predicted molar refractivity (Wildman–Crippen MR) is 70.8 cm³/mol.